The summed E-state index contributed by atoms with van der Waals surface area (Å²) in [7, 11) is 0. The summed E-state index contributed by atoms with van der Waals surface area (Å²) in [5.74, 6) is -0.387. The lowest BCUT2D eigenvalue weighted by atomic mass is 10.1. The molecule has 1 heterocycles. The number of hydrogen-bond donors (Lipinski definition) is 2. The molecular formula is C10H15N3O. The van der Waals surface area contributed by atoms with Crippen molar-refractivity contribution in [2.24, 2.45) is 5.73 Å². The molecule has 0 bridgehead atoms. The standard InChI is InChI=1S/C10H15N3O/c1-2-3-8-5-9(11)7(6-13-8)4-10(12)14/h5-6H,2-4H2,1H3,(H2,11,13)(H2,12,14). The van der Waals surface area contributed by atoms with E-state index in [0.29, 0.717) is 11.3 Å². The van der Waals surface area contributed by atoms with E-state index in [1.54, 1.807) is 6.20 Å². The second-order valence-electron chi connectivity index (χ2n) is 3.27. The van der Waals surface area contributed by atoms with Gasteiger partial charge in [-0.1, -0.05) is 13.3 Å². The highest BCUT2D eigenvalue weighted by atomic mass is 16.1. The van der Waals surface area contributed by atoms with E-state index < -0.39 is 0 Å². The van der Waals surface area contributed by atoms with Crippen molar-refractivity contribution in [2.75, 3.05) is 5.73 Å². The quantitative estimate of drug-likeness (QED) is 0.736. The third kappa shape index (κ3) is 2.73. The lowest BCUT2D eigenvalue weighted by molar-refractivity contribution is -0.117. The van der Waals surface area contributed by atoms with Gasteiger partial charge in [-0.2, -0.15) is 0 Å². The molecule has 0 aliphatic carbocycles. The largest absolute Gasteiger partial charge is 0.398 e. The topological polar surface area (TPSA) is 82.0 Å². The van der Waals surface area contributed by atoms with Gasteiger partial charge in [0, 0.05) is 23.1 Å². The van der Waals surface area contributed by atoms with Gasteiger partial charge in [-0.3, -0.25) is 9.78 Å². The van der Waals surface area contributed by atoms with Crippen molar-refractivity contribution >= 4 is 11.6 Å². The van der Waals surface area contributed by atoms with E-state index in [9.17, 15) is 4.79 Å². The van der Waals surface area contributed by atoms with Crippen molar-refractivity contribution in [3.63, 3.8) is 0 Å². The molecule has 0 saturated heterocycles. The van der Waals surface area contributed by atoms with Gasteiger partial charge in [-0.15, -0.1) is 0 Å². The molecule has 0 unspecified atom stereocenters. The number of aromatic nitrogens is 1. The van der Waals surface area contributed by atoms with E-state index in [0.717, 1.165) is 18.5 Å². The Labute approximate surface area is 83.3 Å². The van der Waals surface area contributed by atoms with E-state index in [-0.39, 0.29) is 12.3 Å². The molecule has 0 fully saturated rings. The van der Waals surface area contributed by atoms with E-state index in [4.69, 9.17) is 11.5 Å². The number of nitrogen functional groups attached to an aromatic ring is 1. The van der Waals surface area contributed by atoms with E-state index in [2.05, 4.69) is 11.9 Å². The highest BCUT2D eigenvalue weighted by molar-refractivity contribution is 5.78. The maximum absolute atomic E-state index is 10.7. The highest BCUT2D eigenvalue weighted by Crippen LogP contribution is 2.13. The number of rotatable bonds is 4. The molecule has 0 aliphatic rings. The average molecular weight is 193 g/mol. The van der Waals surface area contributed by atoms with Crippen LogP contribution in [0.2, 0.25) is 0 Å². The fraction of sp³-hybridized carbons (Fsp3) is 0.400. The number of aryl methyl sites for hydroxylation is 1. The first kappa shape index (κ1) is 10.5. The Morgan fingerprint density at radius 3 is 2.79 bits per heavy atom. The minimum Gasteiger partial charge on any atom is -0.398 e. The third-order valence-electron chi connectivity index (χ3n) is 1.95. The van der Waals surface area contributed by atoms with Crippen molar-refractivity contribution in [3.05, 3.63) is 23.5 Å². The highest BCUT2D eigenvalue weighted by Gasteiger charge is 2.04. The average Bonchev–Trinajstić information content (AvgIpc) is 2.10. The third-order valence-corrected chi connectivity index (χ3v) is 1.95. The molecule has 0 aliphatic heterocycles. The predicted octanol–water partition coefficient (Wildman–Crippen LogP) is 0.644. The second-order valence-corrected chi connectivity index (χ2v) is 3.27. The molecule has 4 nitrogen and oxygen atoms in total. The van der Waals surface area contributed by atoms with Gasteiger partial charge in [0.1, 0.15) is 0 Å². The summed E-state index contributed by atoms with van der Waals surface area (Å²) in [4.78, 5) is 14.9. The Bertz CT molecular complexity index is 336. The first-order valence-corrected chi connectivity index (χ1v) is 4.65. The van der Waals surface area contributed by atoms with Crippen molar-refractivity contribution in [3.8, 4) is 0 Å². The lowest BCUT2D eigenvalue weighted by Crippen LogP contribution is -2.15. The van der Waals surface area contributed by atoms with Gasteiger partial charge in [0.05, 0.1) is 6.42 Å². The molecule has 1 rings (SSSR count). The second kappa shape index (κ2) is 4.60. The molecule has 76 valence electrons. The zero-order valence-corrected chi connectivity index (χ0v) is 8.29. The monoisotopic (exact) mass is 193 g/mol. The SMILES string of the molecule is CCCc1cc(N)c(CC(N)=O)cn1. The first-order valence-electron chi connectivity index (χ1n) is 4.65. The van der Waals surface area contributed by atoms with Crippen LogP contribution in [0, 0.1) is 0 Å². The van der Waals surface area contributed by atoms with Gasteiger partial charge in [0.15, 0.2) is 0 Å². The molecule has 0 radical (unpaired) electrons. The Morgan fingerprint density at radius 2 is 2.29 bits per heavy atom. The maximum atomic E-state index is 10.7. The number of nitrogens with two attached hydrogens (primary N) is 2. The summed E-state index contributed by atoms with van der Waals surface area (Å²) in [6.07, 6.45) is 3.72. The number of amides is 1. The number of carbonyl (C=O) groups excluding carboxylic acids is 1. The maximum Gasteiger partial charge on any atom is 0.221 e. The van der Waals surface area contributed by atoms with Crippen molar-refractivity contribution in [2.45, 2.75) is 26.2 Å². The zero-order valence-electron chi connectivity index (χ0n) is 8.29. The predicted molar refractivity (Wildman–Crippen MR) is 55.5 cm³/mol. The summed E-state index contributed by atoms with van der Waals surface area (Å²) >= 11 is 0. The molecule has 1 aromatic rings. The molecule has 1 aromatic heterocycles. The Morgan fingerprint density at radius 1 is 1.57 bits per heavy atom. The van der Waals surface area contributed by atoms with Crippen LogP contribution in [-0.4, -0.2) is 10.9 Å². The zero-order chi connectivity index (χ0) is 10.6. The van der Waals surface area contributed by atoms with Crippen LogP contribution in [0.1, 0.15) is 24.6 Å². The molecular weight excluding hydrogens is 178 g/mol. The van der Waals surface area contributed by atoms with E-state index in [1.807, 2.05) is 6.07 Å². The number of hydrogen-bond acceptors (Lipinski definition) is 3. The molecule has 0 spiro atoms. The molecule has 0 saturated carbocycles. The molecule has 1 amide bonds. The van der Waals surface area contributed by atoms with Gasteiger partial charge in [-0.25, -0.2) is 0 Å². The Kier molecular flexibility index (Phi) is 3.45. The number of carbonyl (C=O) groups is 1. The first-order chi connectivity index (χ1) is 6.63. The normalized spacial score (nSPS) is 10.1. The number of nitrogens with zero attached hydrogens (tertiary/aromatic N) is 1. The summed E-state index contributed by atoms with van der Waals surface area (Å²) in [6, 6.07) is 1.81. The molecule has 4 heteroatoms. The summed E-state index contributed by atoms with van der Waals surface area (Å²) in [5.41, 5.74) is 13.1. The summed E-state index contributed by atoms with van der Waals surface area (Å²) < 4.78 is 0. The Balaban J connectivity index is 2.84. The fourth-order valence-corrected chi connectivity index (χ4v) is 1.27. The minimum atomic E-state index is -0.387. The summed E-state index contributed by atoms with van der Waals surface area (Å²) in [5, 5.41) is 0. The van der Waals surface area contributed by atoms with Crippen molar-refractivity contribution < 1.29 is 4.79 Å². The van der Waals surface area contributed by atoms with Gasteiger partial charge in [-0.05, 0) is 12.5 Å². The van der Waals surface area contributed by atoms with Gasteiger partial charge >= 0.3 is 0 Å². The van der Waals surface area contributed by atoms with E-state index >= 15 is 0 Å². The smallest absolute Gasteiger partial charge is 0.221 e. The number of primary amides is 1. The van der Waals surface area contributed by atoms with Crippen LogP contribution < -0.4 is 11.5 Å². The van der Waals surface area contributed by atoms with Gasteiger partial charge < -0.3 is 11.5 Å². The van der Waals surface area contributed by atoms with Crippen LogP contribution in [-0.2, 0) is 17.6 Å². The number of anilines is 1. The molecule has 14 heavy (non-hydrogen) atoms. The molecule has 4 N–H and O–H groups in total. The fourth-order valence-electron chi connectivity index (χ4n) is 1.27. The summed E-state index contributed by atoms with van der Waals surface area (Å²) in [6.45, 7) is 2.08. The Hall–Kier alpha value is -1.58. The van der Waals surface area contributed by atoms with Crippen LogP contribution in [0.15, 0.2) is 12.3 Å². The van der Waals surface area contributed by atoms with Crippen molar-refractivity contribution in [1.82, 2.24) is 4.98 Å². The van der Waals surface area contributed by atoms with Crippen LogP contribution in [0.4, 0.5) is 5.69 Å². The van der Waals surface area contributed by atoms with Crippen LogP contribution in [0.5, 0.6) is 0 Å². The van der Waals surface area contributed by atoms with Gasteiger partial charge in [0.25, 0.3) is 0 Å². The van der Waals surface area contributed by atoms with Crippen LogP contribution >= 0.6 is 0 Å². The van der Waals surface area contributed by atoms with E-state index in [1.165, 1.54) is 0 Å². The molecule has 0 aromatic carbocycles. The lowest BCUT2D eigenvalue weighted by Gasteiger charge is -2.05. The van der Waals surface area contributed by atoms with Crippen LogP contribution in [0.3, 0.4) is 0 Å². The number of pyridine rings is 1. The van der Waals surface area contributed by atoms with Crippen molar-refractivity contribution in [1.29, 1.82) is 0 Å². The minimum absolute atomic E-state index is 0.158. The van der Waals surface area contributed by atoms with Gasteiger partial charge in [0.2, 0.25) is 5.91 Å². The van der Waals surface area contributed by atoms with Crippen LogP contribution in [0.25, 0.3) is 0 Å². The molecule has 0 atom stereocenters.